The van der Waals surface area contributed by atoms with Crippen LogP contribution in [0.5, 0.6) is 0 Å². The van der Waals surface area contributed by atoms with E-state index in [1.54, 1.807) is 17.8 Å². The van der Waals surface area contributed by atoms with Gasteiger partial charge in [0.15, 0.2) is 23.2 Å². The van der Waals surface area contributed by atoms with Crippen LogP contribution in [0.25, 0.3) is 0 Å². The number of hydrogen-bond acceptors (Lipinski definition) is 5. The molecule has 2 aromatic carbocycles. The van der Waals surface area contributed by atoms with Gasteiger partial charge in [-0.1, -0.05) is 12.1 Å². The van der Waals surface area contributed by atoms with E-state index in [9.17, 15) is 31.2 Å². The molecule has 0 bridgehead atoms. The maximum atomic E-state index is 13.4. The molecule has 0 atom stereocenters. The number of sulfonamides is 1. The van der Waals surface area contributed by atoms with E-state index in [-0.39, 0.29) is 29.8 Å². The summed E-state index contributed by atoms with van der Waals surface area (Å²) in [6.07, 6.45) is 4.50. The molecule has 1 aliphatic rings. The second-order valence-corrected chi connectivity index (χ2v) is 12.1. The maximum Gasteiger partial charge on any atom is 0.236 e. The van der Waals surface area contributed by atoms with E-state index >= 15 is 0 Å². The van der Waals surface area contributed by atoms with Gasteiger partial charge in [-0.2, -0.15) is 0 Å². The number of thioether (sulfide) groups is 1. The molecular formula is C25H28F3NO4S2. The van der Waals surface area contributed by atoms with Gasteiger partial charge in [0.25, 0.3) is 0 Å². The molecule has 3 rings (SSSR count). The second kappa shape index (κ2) is 11.6. The van der Waals surface area contributed by atoms with Crippen molar-refractivity contribution >= 4 is 33.5 Å². The van der Waals surface area contributed by atoms with Gasteiger partial charge in [-0.3, -0.25) is 14.3 Å². The molecule has 10 heteroatoms. The molecule has 35 heavy (non-hydrogen) atoms. The number of rotatable bonds is 9. The summed E-state index contributed by atoms with van der Waals surface area (Å²) < 4.78 is 64.4. The Bertz CT molecular complexity index is 1190. The van der Waals surface area contributed by atoms with Crippen molar-refractivity contribution in [1.29, 1.82) is 0 Å². The van der Waals surface area contributed by atoms with Gasteiger partial charge in [-0.15, -0.1) is 11.8 Å². The van der Waals surface area contributed by atoms with E-state index in [1.165, 1.54) is 0 Å². The molecule has 1 aliphatic carbocycles. The van der Waals surface area contributed by atoms with Gasteiger partial charge in [-0.05, 0) is 74.8 Å². The third-order valence-electron chi connectivity index (χ3n) is 6.05. The van der Waals surface area contributed by atoms with Crippen molar-refractivity contribution in [2.24, 2.45) is 5.92 Å². The molecule has 190 valence electrons. The zero-order valence-corrected chi connectivity index (χ0v) is 21.2. The lowest BCUT2D eigenvalue weighted by Crippen LogP contribution is -2.36. The Balaban J connectivity index is 1.54. The number of aryl methyl sites for hydroxylation is 2. The van der Waals surface area contributed by atoms with Crippen LogP contribution < -0.4 is 4.72 Å². The third kappa shape index (κ3) is 7.83. The van der Waals surface area contributed by atoms with Gasteiger partial charge >= 0.3 is 0 Å². The van der Waals surface area contributed by atoms with Crippen molar-refractivity contribution in [3.8, 4) is 0 Å². The minimum Gasteiger partial charge on any atom is -0.294 e. The standard InChI is InChI=1S/C25H28F3NO4S2/c1-15-6-7-18(22(30)5-3-4-16-12-20(26)24(28)21(27)13-16)14-23(15)34-19-10-8-17(9-11-19)25(31)29-35(2,32)33/h6-7,12-14,17,19H,3-5,8-11H2,1-2H3,(H,29,31). The number of Topliss-reactive ketones (excluding diaryl/α,β-unsaturated/α-hetero) is 1. The number of hydrogen-bond donors (Lipinski definition) is 1. The Morgan fingerprint density at radius 2 is 1.66 bits per heavy atom. The summed E-state index contributed by atoms with van der Waals surface area (Å²) in [5, 5.41) is 0.254. The van der Waals surface area contributed by atoms with E-state index in [1.807, 2.05) is 19.1 Å². The number of ketones is 1. The van der Waals surface area contributed by atoms with Gasteiger partial charge in [-0.25, -0.2) is 21.6 Å². The van der Waals surface area contributed by atoms with E-state index in [4.69, 9.17) is 0 Å². The van der Waals surface area contributed by atoms with E-state index in [0.29, 0.717) is 30.4 Å². The van der Waals surface area contributed by atoms with Gasteiger partial charge in [0.2, 0.25) is 15.9 Å². The number of nitrogens with one attached hydrogen (secondary N) is 1. The van der Waals surface area contributed by atoms with Crippen molar-refractivity contribution in [2.75, 3.05) is 6.26 Å². The zero-order valence-electron chi connectivity index (χ0n) is 19.6. The van der Waals surface area contributed by atoms with Crippen LogP contribution in [0.3, 0.4) is 0 Å². The molecule has 0 unspecified atom stereocenters. The van der Waals surface area contributed by atoms with Crippen molar-refractivity contribution < 1.29 is 31.2 Å². The largest absolute Gasteiger partial charge is 0.294 e. The van der Waals surface area contributed by atoms with Gasteiger partial charge in [0, 0.05) is 28.0 Å². The van der Waals surface area contributed by atoms with Crippen LogP contribution >= 0.6 is 11.8 Å². The quantitative estimate of drug-likeness (QED) is 0.352. The molecule has 0 heterocycles. The summed E-state index contributed by atoms with van der Waals surface area (Å²) in [5.41, 5.74) is 1.88. The van der Waals surface area contributed by atoms with E-state index in [2.05, 4.69) is 4.72 Å². The van der Waals surface area contributed by atoms with Crippen LogP contribution in [-0.4, -0.2) is 31.6 Å². The summed E-state index contributed by atoms with van der Waals surface area (Å²) in [5.74, 6) is -4.84. The zero-order chi connectivity index (χ0) is 25.8. The normalized spacial score (nSPS) is 18.3. The van der Waals surface area contributed by atoms with Crippen LogP contribution in [0.15, 0.2) is 35.2 Å². The van der Waals surface area contributed by atoms with Gasteiger partial charge < -0.3 is 0 Å². The topological polar surface area (TPSA) is 80.3 Å². The first-order valence-electron chi connectivity index (χ1n) is 11.4. The fourth-order valence-electron chi connectivity index (χ4n) is 4.14. The van der Waals surface area contributed by atoms with Crippen molar-refractivity contribution in [2.45, 2.75) is 62.0 Å². The summed E-state index contributed by atoms with van der Waals surface area (Å²) in [7, 11) is -3.57. The van der Waals surface area contributed by atoms with Crippen LogP contribution in [0, 0.1) is 30.3 Å². The average molecular weight is 528 g/mol. The molecule has 2 aromatic rings. The molecule has 0 radical (unpaired) electrons. The molecule has 0 spiro atoms. The summed E-state index contributed by atoms with van der Waals surface area (Å²) in [6.45, 7) is 1.96. The third-order valence-corrected chi connectivity index (χ3v) is 8.12. The number of carbonyl (C=O) groups excluding carboxylic acids is 2. The highest BCUT2D eigenvalue weighted by molar-refractivity contribution is 8.00. The van der Waals surface area contributed by atoms with Crippen molar-refractivity contribution in [3.05, 3.63) is 64.5 Å². The minimum atomic E-state index is -3.57. The fraction of sp³-hybridized carbons (Fsp3) is 0.440. The first-order valence-corrected chi connectivity index (χ1v) is 14.2. The molecule has 0 aromatic heterocycles. The lowest BCUT2D eigenvalue weighted by atomic mass is 9.88. The SMILES string of the molecule is Cc1ccc(C(=O)CCCc2cc(F)c(F)c(F)c2)cc1SC1CCC(C(=O)NS(C)(=O)=O)CC1. The highest BCUT2D eigenvalue weighted by Gasteiger charge is 2.28. The molecule has 0 saturated heterocycles. The van der Waals surface area contributed by atoms with Crippen LogP contribution in [0.1, 0.15) is 60.0 Å². The number of benzene rings is 2. The average Bonchev–Trinajstić information content (AvgIpc) is 2.78. The monoisotopic (exact) mass is 527 g/mol. The molecule has 1 saturated carbocycles. The smallest absolute Gasteiger partial charge is 0.236 e. The predicted octanol–water partition coefficient (Wildman–Crippen LogP) is 5.34. The van der Waals surface area contributed by atoms with Crippen molar-refractivity contribution in [3.63, 3.8) is 0 Å². The van der Waals surface area contributed by atoms with Crippen LogP contribution in [-0.2, 0) is 21.2 Å². The first kappa shape index (κ1) is 27.3. The van der Waals surface area contributed by atoms with Gasteiger partial charge in [0.1, 0.15) is 0 Å². The van der Waals surface area contributed by atoms with Crippen molar-refractivity contribution in [1.82, 2.24) is 4.72 Å². The summed E-state index contributed by atoms with van der Waals surface area (Å²) >= 11 is 1.65. The van der Waals surface area contributed by atoms with E-state index in [0.717, 1.165) is 41.7 Å². The second-order valence-electron chi connectivity index (χ2n) is 8.96. The number of halogens is 3. The molecule has 5 nitrogen and oxygen atoms in total. The highest BCUT2D eigenvalue weighted by atomic mass is 32.2. The molecular weight excluding hydrogens is 499 g/mol. The van der Waals surface area contributed by atoms with Gasteiger partial charge in [0.05, 0.1) is 6.26 Å². The van der Waals surface area contributed by atoms with E-state index < -0.39 is 33.4 Å². The summed E-state index contributed by atoms with van der Waals surface area (Å²) in [6, 6.07) is 7.38. The summed E-state index contributed by atoms with van der Waals surface area (Å²) in [4.78, 5) is 25.8. The predicted molar refractivity (Wildman–Crippen MR) is 129 cm³/mol. The fourth-order valence-corrected chi connectivity index (χ4v) is 5.99. The van der Waals surface area contributed by atoms with Crippen LogP contribution in [0.2, 0.25) is 0 Å². The first-order chi connectivity index (χ1) is 16.4. The van der Waals surface area contributed by atoms with Crippen LogP contribution in [0.4, 0.5) is 13.2 Å². The Kier molecular flexibility index (Phi) is 9.04. The number of carbonyl (C=O) groups is 2. The minimum absolute atomic E-state index is 0.0870. The molecule has 0 aliphatic heterocycles. The lowest BCUT2D eigenvalue weighted by Gasteiger charge is -2.27. The Morgan fingerprint density at radius 3 is 2.26 bits per heavy atom. The Hall–Kier alpha value is -2.33. The number of amides is 1. The molecule has 1 N–H and O–H groups in total. The Labute approximate surface area is 207 Å². The molecule has 1 fully saturated rings. The molecule has 1 amide bonds. The lowest BCUT2D eigenvalue weighted by molar-refractivity contribution is -0.124. The highest BCUT2D eigenvalue weighted by Crippen LogP contribution is 2.37. The Morgan fingerprint density at radius 1 is 1.03 bits per heavy atom. The maximum absolute atomic E-state index is 13.4.